The number of rotatable bonds is 2. The Morgan fingerprint density at radius 1 is 1.44 bits per heavy atom. The Hall–Kier alpha value is -1.47. The molecule has 2 saturated heterocycles. The highest BCUT2D eigenvalue weighted by Crippen LogP contribution is 2.29. The van der Waals surface area contributed by atoms with Crippen molar-refractivity contribution in [2.45, 2.75) is 0 Å². The number of likely N-dealkylation sites (tertiary alicyclic amines) is 1. The average molecular weight is 267 g/mol. The lowest BCUT2D eigenvalue weighted by molar-refractivity contribution is -0.380. The molecule has 2 unspecified atom stereocenters. The second-order valence-corrected chi connectivity index (χ2v) is 5.71. The summed E-state index contributed by atoms with van der Waals surface area (Å²) < 4.78 is 0. The van der Waals surface area contributed by atoms with Gasteiger partial charge in [-0.15, -0.1) is 0 Å². The van der Waals surface area contributed by atoms with Gasteiger partial charge in [-0.25, -0.2) is 0 Å². The van der Waals surface area contributed by atoms with E-state index in [0.717, 1.165) is 37.5 Å². The molecule has 1 amide bonds. The first-order valence-corrected chi connectivity index (χ1v) is 6.76. The first-order valence-electron chi connectivity index (χ1n) is 5.88. The van der Waals surface area contributed by atoms with E-state index in [1.165, 1.54) is 6.07 Å². The minimum Gasteiger partial charge on any atom is -0.338 e. The summed E-state index contributed by atoms with van der Waals surface area (Å²) >= 11 is 1.01. The summed E-state index contributed by atoms with van der Waals surface area (Å²) in [6, 6.07) is 1.37. The van der Waals surface area contributed by atoms with Crippen molar-refractivity contribution in [3.05, 3.63) is 27.1 Å². The molecule has 1 aromatic heterocycles. The van der Waals surface area contributed by atoms with Crippen molar-refractivity contribution in [2.75, 3.05) is 26.2 Å². The van der Waals surface area contributed by atoms with Crippen molar-refractivity contribution in [1.29, 1.82) is 0 Å². The number of hydrogen-bond acceptors (Lipinski definition) is 5. The van der Waals surface area contributed by atoms with Crippen molar-refractivity contribution < 1.29 is 9.72 Å². The fraction of sp³-hybridized carbons (Fsp3) is 0.545. The van der Waals surface area contributed by atoms with Gasteiger partial charge in [0.1, 0.15) is 0 Å². The van der Waals surface area contributed by atoms with Crippen LogP contribution in [0.15, 0.2) is 11.4 Å². The summed E-state index contributed by atoms with van der Waals surface area (Å²) in [5, 5.41) is 15.5. The molecule has 18 heavy (non-hydrogen) atoms. The van der Waals surface area contributed by atoms with Crippen molar-refractivity contribution >= 4 is 22.2 Å². The monoisotopic (exact) mass is 267 g/mol. The van der Waals surface area contributed by atoms with E-state index in [-0.39, 0.29) is 10.9 Å². The first kappa shape index (κ1) is 11.6. The molecule has 2 fully saturated rings. The lowest BCUT2D eigenvalue weighted by atomic mass is 10.0. The van der Waals surface area contributed by atoms with E-state index >= 15 is 0 Å². The molecule has 0 spiro atoms. The predicted molar refractivity (Wildman–Crippen MR) is 66.7 cm³/mol. The van der Waals surface area contributed by atoms with Gasteiger partial charge in [0, 0.05) is 37.6 Å². The molecular formula is C11H13N3O3S. The van der Waals surface area contributed by atoms with Gasteiger partial charge in [-0.1, -0.05) is 11.3 Å². The fourth-order valence-electron chi connectivity index (χ4n) is 2.74. The Labute approximate surface area is 108 Å². The molecule has 1 aromatic rings. The van der Waals surface area contributed by atoms with Gasteiger partial charge in [0.05, 0.1) is 10.5 Å². The summed E-state index contributed by atoms with van der Waals surface area (Å²) in [5.41, 5.74) is 0.444. The molecule has 2 atom stereocenters. The molecule has 3 heterocycles. The second kappa shape index (κ2) is 4.33. The number of nitrogens with zero attached hydrogens (tertiary/aromatic N) is 2. The highest BCUT2D eigenvalue weighted by Gasteiger charge is 2.38. The minimum absolute atomic E-state index is 0.0272. The standard InChI is InChI=1S/C11H13N3O3S/c15-11(7-1-10(14(16)17)18-6-7)13-4-8-2-12-3-9(8)5-13/h1,6,8-9,12H,2-5H2. The zero-order chi connectivity index (χ0) is 12.7. The van der Waals surface area contributed by atoms with Crippen molar-refractivity contribution in [3.63, 3.8) is 0 Å². The number of thiophene rings is 1. The average Bonchev–Trinajstić information content (AvgIpc) is 3.02. The van der Waals surface area contributed by atoms with E-state index in [4.69, 9.17) is 0 Å². The highest BCUT2D eigenvalue weighted by atomic mass is 32.1. The third-order valence-corrected chi connectivity index (χ3v) is 4.57. The Bertz CT molecular complexity index is 489. The Balaban J connectivity index is 1.72. The van der Waals surface area contributed by atoms with Crippen LogP contribution in [0.3, 0.4) is 0 Å². The van der Waals surface area contributed by atoms with Gasteiger partial charge >= 0.3 is 5.00 Å². The van der Waals surface area contributed by atoms with Crippen LogP contribution in [0.1, 0.15) is 10.4 Å². The Kier molecular flexibility index (Phi) is 2.79. The van der Waals surface area contributed by atoms with E-state index in [0.29, 0.717) is 17.4 Å². The summed E-state index contributed by atoms with van der Waals surface area (Å²) in [4.78, 5) is 24.2. The normalized spacial score (nSPS) is 26.3. The molecular weight excluding hydrogens is 254 g/mol. The summed E-state index contributed by atoms with van der Waals surface area (Å²) in [6.07, 6.45) is 0. The third-order valence-electron chi connectivity index (χ3n) is 3.69. The maximum atomic E-state index is 12.2. The quantitative estimate of drug-likeness (QED) is 0.639. The number of amides is 1. The number of nitrogens with one attached hydrogen (secondary N) is 1. The first-order chi connectivity index (χ1) is 8.65. The molecule has 96 valence electrons. The zero-order valence-electron chi connectivity index (χ0n) is 9.67. The SMILES string of the molecule is O=C(c1csc([N+](=O)[O-])c1)N1CC2CNCC2C1. The Morgan fingerprint density at radius 3 is 2.67 bits per heavy atom. The second-order valence-electron chi connectivity index (χ2n) is 4.82. The molecule has 3 rings (SSSR count). The number of nitro groups is 1. The topological polar surface area (TPSA) is 75.5 Å². The Morgan fingerprint density at radius 2 is 2.11 bits per heavy atom. The maximum Gasteiger partial charge on any atom is 0.324 e. The lowest BCUT2D eigenvalue weighted by Gasteiger charge is -2.16. The van der Waals surface area contributed by atoms with Crippen LogP contribution in [-0.4, -0.2) is 41.9 Å². The van der Waals surface area contributed by atoms with Crippen LogP contribution < -0.4 is 5.32 Å². The summed E-state index contributed by atoms with van der Waals surface area (Å²) in [7, 11) is 0. The van der Waals surface area contributed by atoms with Gasteiger partial charge in [-0.3, -0.25) is 14.9 Å². The fourth-order valence-corrected chi connectivity index (χ4v) is 3.43. The lowest BCUT2D eigenvalue weighted by Crippen LogP contribution is -2.31. The van der Waals surface area contributed by atoms with Gasteiger partial charge in [0.15, 0.2) is 0 Å². The number of hydrogen-bond donors (Lipinski definition) is 1. The van der Waals surface area contributed by atoms with Gasteiger partial charge in [0.2, 0.25) is 0 Å². The molecule has 6 nitrogen and oxygen atoms in total. The van der Waals surface area contributed by atoms with Crippen molar-refractivity contribution in [2.24, 2.45) is 11.8 Å². The van der Waals surface area contributed by atoms with Crippen LogP contribution in [0, 0.1) is 22.0 Å². The van der Waals surface area contributed by atoms with E-state index in [1.54, 1.807) is 5.38 Å². The molecule has 7 heteroatoms. The number of carbonyl (C=O) groups is 1. The third kappa shape index (κ3) is 1.89. The van der Waals surface area contributed by atoms with E-state index in [9.17, 15) is 14.9 Å². The molecule has 0 radical (unpaired) electrons. The van der Waals surface area contributed by atoms with E-state index < -0.39 is 4.92 Å². The van der Waals surface area contributed by atoms with Crippen LogP contribution >= 0.6 is 11.3 Å². The summed E-state index contributed by atoms with van der Waals surface area (Å²) in [5.74, 6) is 1.01. The van der Waals surface area contributed by atoms with Crippen LogP contribution in [0.5, 0.6) is 0 Å². The molecule has 0 saturated carbocycles. The molecule has 0 aliphatic carbocycles. The molecule has 0 bridgehead atoms. The van der Waals surface area contributed by atoms with Crippen LogP contribution in [-0.2, 0) is 0 Å². The maximum absolute atomic E-state index is 12.2. The molecule has 2 aliphatic rings. The van der Waals surface area contributed by atoms with Crippen molar-refractivity contribution in [3.8, 4) is 0 Å². The zero-order valence-corrected chi connectivity index (χ0v) is 10.5. The van der Waals surface area contributed by atoms with Gasteiger partial charge < -0.3 is 10.2 Å². The van der Waals surface area contributed by atoms with Crippen molar-refractivity contribution in [1.82, 2.24) is 10.2 Å². The van der Waals surface area contributed by atoms with E-state index in [1.807, 2.05) is 4.90 Å². The minimum atomic E-state index is -0.454. The smallest absolute Gasteiger partial charge is 0.324 e. The van der Waals surface area contributed by atoms with Gasteiger partial charge in [-0.05, 0) is 11.8 Å². The van der Waals surface area contributed by atoms with Crippen LogP contribution in [0.4, 0.5) is 5.00 Å². The van der Waals surface area contributed by atoms with Crippen LogP contribution in [0.2, 0.25) is 0 Å². The largest absolute Gasteiger partial charge is 0.338 e. The predicted octanol–water partition coefficient (Wildman–Crippen LogP) is 0.948. The van der Waals surface area contributed by atoms with Gasteiger partial charge in [-0.2, -0.15) is 0 Å². The van der Waals surface area contributed by atoms with Crippen LogP contribution in [0.25, 0.3) is 0 Å². The highest BCUT2D eigenvalue weighted by molar-refractivity contribution is 7.13. The molecule has 2 aliphatic heterocycles. The number of carbonyl (C=O) groups excluding carboxylic acids is 1. The summed E-state index contributed by atoms with van der Waals surface area (Å²) in [6.45, 7) is 3.47. The number of fused-ring (bicyclic) bond motifs is 1. The molecule has 0 aromatic carbocycles. The van der Waals surface area contributed by atoms with E-state index in [2.05, 4.69) is 5.32 Å². The van der Waals surface area contributed by atoms with Gasteiger partial charge in [0.25, 0.3) is 5.91 Å². The molecule has 1 N–H and O–H groups in total.